The number of aromatic carboxylic acids is 1. The number of carboxylic acids is 1. The summed E-state index contributed by atoms with van der Waals surface area (Å²) >= 11 is 0. The Balaban J connectivity index is 2.25. The van der Waals surface area contributed by atoms with Crippen molar-refractivity contribution in [3.8, 4) is 0 Å². The third kappa shape index (κ3) is 2.89. The fourth-order valence-electron chi connectivity index (χ4n) is 3.14. The van der Waals surface area contributed by atoms with E-state index in [0.29, 0.717) is 5.39 Å². The van der Waals surface area contributed by atoms with Crippen molar-refractivity contribution in [3.63, 3.8) is 0 Å². The standard InChI is InChI=1S/C18H23N3O3/c1-18(2,3)21-11-14(17(23)24)16(22)13-5-4-12(10-15(13)21)20-8-6-19-7-9-20/h4-5,10-11,19H,6-9H2,1-3H3,(H,23,24). The first kappa shape index (κ1) is 16.5. The SMILES string of the molecule is CC(C)(C)n1cc(C(=O)O)c(=O)c2ccc(N3CCNCC3)cc21. The molecule has 1 aromatic heterocycles. The van der Waals surface area contributed by atoms with Crippen LogP contribution in [0.4, 0.5) is 5.69 Å². The summed E-state index contributed by atoms with van der Waals surface area (Å²) in [7, 11) is 0. The smallest absolute Gasteiger partial charge is 0.341 e. The predicted molar refractivity (Wildman–Crippen MR) is 95.2 cm³/mol. The van der Waals surface area contributed by atoms with Gasteiger partial charge in [0.25, 0.3) is 0 Å². The van der Waals surface area contributed by atoms with Gasteiger partial charge in [0, 0.05) is 49.0 Å². The van der Waals surface area contributed by atoms with Gasteiger partial charge in [-0.2, -0.15) is 0 Å². The van der Waals surface area contributed by atoms with Crippen LogP contribution < -0.4 is 15.6 Å². The number of anilines is 1. The highest BCUT2D eigenvalue weighted by atomic mass is 16.4. The summed E-state index contributed by atoms with van der Waals surface area (Å²) in [5.41, 5.74) is 0.883. The molecule has 1 aliphatic heterocycles. The average Bonchev–Trinajstić information content (AvgIpc) is 2.54. The van der Waals surface area contributed by atoms with E-state index in [4.69, 9.17) is 0 Å². The van der Waals surface area contributed by atoms with Crippen molar-refractivity contribution in [2.75, 3.05) is 31.1 Å². The third-order valence-corrected chi connectivity index (χ3v) is 4.42. The summed E-state index contributed by atoms with van der Waals surface area (Å²) in [4.78, 5) is 26.2. The Kier molecular flexibility index (Phi) is 4.09. The molecule has 24 heavy (non-hydrogen) atoms. The second kappa shape index (κ2) is 5.94. The lowest BCUT2D eigenvalue weighted by molar-refractivity contribution is 0.0694. The van der Waals surface area contributed by atoms with Gasteiger partial charge in [-0.3, -0.25) is 4.79 Å². The van der Waals surface area contributed by atoms with Crippen LogP contribution in [0.3, 0.4) is 0 Å². The van der Waals surface area contributed by atoms with Crippen molar-refractivity contribution >= 4 is 22.6 Å². The zero-order valence-electron chi connectivity index (χ0n) is 14.3. The van der Waals surface area contributed by atoms with Gasteiger partial charge in [0.15, 0.2) is 0 Å². The average molecular weight is 329 g/mol. The fraction of sp³-hybridized carbons (Fsp3) is 0.444. The van der Waals surface area contributed by atoms with Crippen molar-refractivity contribution in [3.05, 3.63) is 40.2 Å². The topological polar surface area (TPSA) is 74.6 Å². The summed E-state index contributed by atoms with van der Waals surface area (Å²) in [5.74, 6) is -1.19. The molecule has 3 rings (SSSR count). The lowest BCUT2D eigenvalue weighted by Crippen LogP contribution is -2.43. The Morgan fingerprint density at radius 2 is 1.88 bits per heavy atom. The molecule has 0 aliphatic carbocycles. The van der Waals surface area contributed by atoms with Gasteiger partial charge in [0.1, 0.15) is 5.56 Å². The maximum absolute atomic E-state index is 12.5. The molecule has 1 fully saturated rings. The predicted octanol–water partition coefficient (Wildman–Crippen LogP) is 1.86. The Labute approximate surface area is 140 Å². The number of hydrogen-bond acceptors (Lipinski definition) is 4. The molecule has 1 aliphatic rings. The monoisotopic (exact) mass is 329 g/mol. The summed E-state index contributed by atoms with van der Waals surface area (Å²) in [6.45, 7) is 9.70. The number of pyridine rings is 1. The van der Waals surface area contributed by atoms with E-state index >= 15 is 0 Å². The lowest BCUT2D eigenvalue weighted by atomic mass is 10.0. The Bertz CT molecular complexity index is 843. The highest BCUT2D eigenvalue weighted by Gasteiger charge is 2.22. The highest BCUT2D eigenvalue weighted by Crippen LogP contribution is 2.26. The van der Waals surface area contributed by atoms with Crippen LogP contribution in [0.15, 0.2) is 29.2 Å². The summed E-state index contributed by atoms with van der Waals surface area (Å²) in [6.07, 6.45) is 1.47. The molecule has 0 radical (unpaired) electrons. The first-order valence-corrected chi connectivity index (χ1v) is 8.18. The number of hydrogen-bond donors (Lipinski definition) is 2. The van der Waals surface area contributed by atoms with Crippen LogP contribution in [0, 0.1) is 0 Å². The Morgan fingerprint density at radius 3 is 2.46 bits per heavy atom. The minimum absolute atomic E-state index is 0.188. The molecule has 0 atom stereocenters. The minimum Gasteiger partial charge on any atom is -0.477 e. The largest absolute Gasteiger partial charge is 0.477 e. The first-order chi connectivity index (χ1) is 11.3. The second-order valence-electron chi connectivity index (χ2n) is 7.16. The van der Waals surface area contributed by atoms with Crippen LogP contribution >= 0.6 is 0 Å². The van der Waals surface area contributed by atoms with Gasteiger partial charge in [-0.1, -0.05) is 0 Å². The van der Waals surface area contributed by atoms with E-state index in [1.807, 2.05) is 37.5 Å². The molecule has 6 nitrogen and oxygen atoms in total. The molecule has 1 aromatic carbocycles. The molecule has 1 saturated heterocycles. The molecule has 6 heteroatoms. The quantitative estimate of drug-likeness (QED) is 0.880. The van der Waals surface area contributed by atoms with Crippen LogP contribution in [-0.4, -0.2) is 41.8 Å². The zero-order chi connectivity index (χ0) is 17.5. The van der Waals surface area contributed by atoms with Gasteiger partial charge in [-0.25, -0.2) is 4.79 Å². The van der Waals surface area contributed by atoms with Gasteiger partial charge in [0.05, 0.1) is 5.52 Å². The van der Waals surface area contributed by atoms with E-state index in [0.717, 1.165) is 37.4 Å². The summed E-state index contributed by atoms with van der Waals surface area (Å²) in [6, 6.07) is 5.66. The van der Waals surface area contributed by atoms with Gasteiger partial charge < -0.3 is 19.9 Å². The zero-order valence-corrected chi connectivity index (χ0v) is 14.3. The van der Waals surface area contributed by atoms with Crippen LogP contribution in [0.2, 0.25) is 0 Å². The van der Waals surface area contributed by atoms with E-state index in [2.05, 4.69) is 10.2 Å². The molecule has 0 amide bonds. The van der Waals surface area contributed by atoms with Gasteiger partial charge in [0.2, 0.25) is 5.43 Å². The molecule has 0 saturated carbocycles. The number of carbonyl (C=O) groups is 1. The van der Waals surface area contributed by atoms with E-state index in [1.54, 1.807) is 6.07 Å². The molecule has 2 aromatic rings. The molecular formula is C18H23N3O3. The Morgan fingerprint density at radius 1 is 1.21 bits per heavy atom. The maximum atomic E-state index is 12.5. The number of fused-ring (bicyclic) bond motifs is 1. The molecule has 0 spiro atoms. The third-order valence-electron chi connectivity index (χ3n) is 4.42. The van der Waals surface area contributed by atoms with Crippen molar-refractivity contribution in [2.45, 2.75) is 26.3 Å². The number of rotatable bonds is 2. The first-order valence-electron chi connectivity index (χ1n) is 8.18. The van der Waals surface area contributed by atoms with E-state index < -0.39 is 11.4 Å². The van der Waals surface area contributed by atoms with Gasteiger partial charge in [-0.15, -0.1) is 0 Å². The number of nitrogens with one attached hydrogen (secondary N) is 1. The van der Waals surface area contributed by atoms with Crippen LogP contribution in [-0.2, 0) is 5.54 Å². The van der Waals surface area contributed by atoms with E-state index in [9.17, 15) is 14.7 Å². The van der Waals surface area contributed by atoms with Crippen molar-refractivity contribution in [2.24, 2.45) is 0 Å². The lowest BCUT2D eigenvalue weighted by Gasteiger charge is -2.31. The number of carboxylic acid groups (broad SMARTS) is 1. The second-order valence-corrected chi connectivity index (χ2v) is 7.16. The highest BCUT2D eigenvalue weighted by molar-refractivity contribution is 5.93. The van der Waals surface area contributed by atoms with Crippen LogP contribution in [0.5, 0.6) is 0 Å². The van der Waals surface area contributed by atoms with E-state index in [1.165, 1.54) is 6.20 Å². The summed E-state index contributed by atoms with van der Waals surface area (Å²) in [5, 5.41) is 13.1. The molecular weight excluding hydrogens is 306 g/mol. The van der Waals surface area contributed by atoms with Crippen molar-refractivity contribution < 1.29 is 9.90 Å². The normalized spacial score (nSPS) is 15.7. The number of aromatic nitrogens is 1. The summed E-state index contributed by atoms with van der Waals surface area (Å²) < 4.78 is 1.89. The molecule has 2 heterocycles. The van der Waals surface area contributed by atoms with E-state index in [-0.39, 0.29) is 11.1 Å². The minimum atomic E-state index is -1.19. The molecule has 0 unspecified atom stereocenters. The molecule has 0 bridgehead atoms. The number of nitrogens with zero attached hydrogens (tertiary/aromatic N) is 2. The number of benzene rings is 1. The maximum Gasteiger partial charge on any atom is 0.341 e. The van der Waals surface area contributed by atoms with Gasteiger partial charge in [-0.05, 0) is 39.0 Å². The fourth-order valence-corrected chi connectivity index (χ4v) is 3.14. The Hall–Kier alpha value is -2.34. The molecule has 2 N–H and O–H groups in total. The van der Waals surface area contributed by atoms with Crippen LogP contribution in [0.1, 0.15) is 31.1 Å². The molecule has 128 valence electrons. The number of piperazine rings is 1. The van der Waals surface area contributed by atoms with Gasteiger partial charge >= 0.3 is 5.97 Å². The van der Waals surface area contributed by atoms with Crippen molar-refractivity contribution in [1.29, 1.82) is 0 Å². The van der Waals surface area contributed by atoms with Crippen LogP contribution in [0.25, 0.3) is 10.9 Å². The van der Waals surface area contributed by atoms with Crippen molar-refractivity contribution in [1.82, 2.24) is 9.88 Å².